The van der Waals surface area contributed by atoms with Crippen molar-refractivity contribution in [3.05, 3.63) is 42.5 Å². The van der Waals surface area contributed by atoms with Crippen LogP contribution in [0, 0.1) is 0 Å². The molecule has 0 aromatic heterocycles. The van der Waals surface area contributed by atoms with Crippen LogP contribution in [0.4, 0.5) is 0 Å². The van der Waals surface area contributed by atoms with E-state index < -0.39 is 5.91 Å². The lowest BCUT2D eigenvalue weighted by atomic mass is 10.2. The molecule has 1 rings (SSSR count). The molecule has 0 spiro atoms. The smallest absolute Gasteiger partial charge is 0.273 e. The molecule has 0 heterocycles. The number of rotatable bonds is 5. The van der Waals surface area contributed by atoms with E-state index >= 15 is 0 Å². The topological polar surface area (TPSA) is 79.5 Å². The van der Waals surface area contributed by atoms with Gasteiger partial charge in [-0.1, -0.05) is 31.7 Å². The monoisotopic (exact) mass is 307 g/mol. The van der Waals surface area contributed by atoms with Gasteiger partial charge in [0.25, 0.3) is 5.91 Å². The van der Waals surface area contributed by atoms with Crippen LogP contribution in [0.1, 0.15) is 23.7 Å². The molecule has 6 nitrogen and oxygen atoms in total. The molecule has 1 aromatic rings. The predicted octanol–water partition coefficient (Wildman–Crippen LogP) is 1.30. The van der Waals surface area contributed by atoms with Crippen molar-refractivity contribution in [2.24, 2.45) is 0 Å². The molecule has 3 N–H and O–H groups in total. The number of ether oxygens (including phenoxy) is 1. The molecule has 0 aliphatic carbocycles. The van der Waals surface area contributed by atoms with E-state index in [0.717, 1.165) is 0 Å². The van der Waals surface area contributed by atoms with E-state index in [4.69, 9.17) is 17.0 Å². The zero-order valence-corrected chi connectivity index (χ0v) is 12.5. The van der Waals surface area contributed by atoms with E-state index in [1.807, 2.05) is 0 Å². The average Bonchev–Trinajstić information content (AvgIpc) is 2.50. The van der Waals surface area contributed by atoms with Crippen LogP contribution >= 0.6 is 12.2 Å². The van der Waals surface area contributed by atoms with E-state index in [9.17, 15) is 9.59 Å². The van der Waals surface area contributed by atoms with Crippen molar-refractivity contribution in [2.45, 2.75) is 13.3 Å². The second-order valence-electron chi connectivity index (χ2n) is 3.91. The van der Waals surface area contributed by atoms with Crippen LogP contribution in [-0.2, 0) is 4.79 Å². The highest BCUT2D eigenvalue weighted by molar-refractivity contribution is 7.80. The highest BCUT2D eigenvalue weighted by Crippen LogP contribution is 2.17. The van der Waals surface area contributed by atoms with Crippen LogP contribution in [0.25, 0.3) is 0 Å². The summed E-state index contributed by atoms with van der Waals surface area (Å²) < 4.78 is 5.39. The second-order valence-corrected chi connectivity index (χ2v) is 4.31. The van der Waals surface area contributed by atoms with E-state index in [0.29, 0.717) is 24.3 Å². The van der Waals surface area contributed by atoms with Gasteiger partial charge in [-0.2, -0.15) is 0 Å². The summed E-state index contributed by atoms with van der Waals surface area (Å²) in [4.78, 5) is 23.2. The van der Waals surface area contributed by atoms with Crippen LogP contribution in [0.3, 0.4) is 0 Å². The van der Waals surface area contributed by atoms with Crippen molar-refractivity contribution in [3.63, 3.8) is 0 Å². The highest BCUT2D eigenvalue weighted by Gasteiger charge is 2.12. The van der Waals surface area contributed by atoms with Gasteiger partial charge >= 0.3 is 0 Å². The standard InChI is InChI=1S/C14H17N3O3S/c1-3-9-20-11-8-6-5-7-10(11)13(19)16-17-14(21)15-12(18)4-2/h3,5-8H,1,4,9H2,2H3,(H,16,19)(H2,15,17,18,21). The van der Waals surface area contributed by atoms with Gasteiger partial charge in [0.2, 0.25) is 5.91 Å². The van der Waals surface area contributed by atoms with Crippen molar-refractivity contribution in [1.29, 1.82) is 0 Å². The van der Waals surface area contributed by atoms with E-state index in [1.54, 1.807) is 37.3 Å². The summed E-state index contributed by atoms with van der Waals surface area (Å²) in [7, 11) is 0. The van der Waals surface area contributed by atoms with Crippen molar-refractivity contribution >= 4 is 29.1 Å². The van der Waals surface area contributed by atoms with Gasteiger partial charge in [0.1, 0.15) is 12.4 Å². The van der Waals surface area contributed by atoms with E-state index in [2.05, 4.69) is 22.7 Å². The van der Waals surface area contributed by atoms with Gasteiger partial charge in [-0.15, -0.1) is 0 Å². The lowest BCUT2D eigenvalue weighted by Gasteiger charge is -2.12. The van der Waals surface area contributed by atoms with Gasteiger partial charge < -0.3 is 10.1 Å². The Bertz CT molecular complexity index is 546. The Morgan fingerprint density at radius 1 is 1.33 bits per heavy atom. The molecule has 0 unspecified atom stereocenters. The molecular weight excluding hydrogens is 290 g/mol. The minimum Gasteiger partial charge on any atom is -0.489 e. The molecule has 0 atom stereocenters. The van der Waals surface area contributed by atoms with Crippen molar-refractivity contribution < 1.29 is 14.3 Å². The average molecular weight is 307 g/mol. The summed E-state index contributed by atoms with van der Waals surface area (Å²) >= 11 is 4.87. The quantitative estimate of drug-likeness (QED) is 0.434. The van der Waals surface area contributed by atoms with Crippen molar-refractivity contribution in [2.75, 3.05) is 6.61 Å². The second kappa shape index (κ2) is 8.70. The zero-order chi connectivity index (χ0) is 15.7. The molecule has 1 aromatic carbocycles. The molecule has 0 fully saturated rings. The Labute approximate surface area is 128 Å². The number of thiocarbonyl (C=S) groups is 1. The molecule has 0 radical (unpaired) electrons. The number of hydrazine groups is 1. The van der Waals surface area contributed by atoms with Gasteiger partial charge in [-0.05, 0) is 24.4 Å². The van der Waals surface area contributed by atoms with Crippen molar-refractivity contribution in [3.8, 4) is 5.75 Å². The molecule has 7 heteroatoms. The third kappa shape index (κ3) is 5.62. The van der Waals surface area contributed by atoms with Crippen LogP contribution in [0.2, 0.25) is 0 Å². The number of nitrogens with one attached hydrogen (secondary N) is 3. The summed E-state index contributed by atoms with van der Waals surface area (Å²) in [5, 5.41) is 2.43. The van der Waals surface area contributed by atoms with Crippen LogP contribution < -0.4 is 20.9 Å². The lowest BCUT2D eigenvalue weighted by molar-refractivity contribution is -0.119. The Kier molecular flexibility index (Phi) is 6.90. The summed E-state index contributed by atoms with van der Waals surface area (Å²) in [6.45, 7) is 5.54. The summed E-state index contributed by atoms with van der Waals surface area (Å²) in [5.74, 6) is -0.237. The molecular formula is C14H17N3O3S. The maximum absolute atomic E-state index is 12.0. The number of carbonyl (C=O) groups excluding carboxylic acids is 2. The van der Waals surface area contributed by atoms with Crippen molar-refractivity contribution in [1.82, 2.24) is 16.2 Å². The first kappa shape index (κ1) is 16.6. The van der Waals surface area contributed by atoms with E-state index in [1.165, 1.54) is 0 Å². The van der Waals surface area contributed by atoms with Gasteiger partial charge in [-0.25, -0.2) is 0 Å². The Balaban J connectivity index is 2.61. The molecule has 0 aliphatic rings. The maximum atomic E-state index is 12.0. The molecule has 0 aliphatic heterocycles. The number of amides is 2. The fraction of sp³-hybridized carbons (Fsp3) is 0.214. The van der Waals surface area contributed by atoms with Gasteiger partial charge in [0, 0.05) is 6.42 Å². The lowest BCUT2D eigenvalue weighted by Crippen LogP contribution is -2.48. The number of hydrogen-bond donors (Lipinski definition) is 3. The predicted molar refractivity (Wildman–Crippen MR) is 83.8 cm³/mol. The number of hydrogen-bond acceptors (Lipinski definition) is 4. The largest absolute Gasteiger partial charge is 0.489 e. The van der Waals surface area contributed by atoms with Gasteiger partial charge in [0.05, 0.1) is 5.56 Å². The van der Waals surface area contributed by atoms with Gasteiger partial charge in [0.15, 0.2) is 5.11 Å². The fourth-order valence-corrected chi connectivity index (χ4v) is 1.52. The SMILES string of the molecule is C=CCOc1ccccc1C(=O)NNC(=S)NC(=O)CC. The normalized spacial score (nSPS) is 9.38. The Hall–Kier alpha value is -2.41. The third-order valence-electron chi connectivity index (χ3n) is 2.35. The fourth-order valence-electron chi connectivity index (χ4n) is 1.36. The minimum absolute atomic E-state index is 0.0275. The van der Waals surface area contributed by atoms with Crippen LogP contribution in [0.15, 0.2) is 36.9 Å². The molecule has 21 heavy (non-hydrogen) atoms. The summed E-state index contributed by atoms with van der Waals surface area (Å²) in [5.41, 5.74) is 5.19. The number of carbonyl (C=O) groups is 2. The third-order valence-corrected chi connectivity index (χ3v) is 2.56. The summed E-state index contributed by atoms with van der Waals surface area (Å²) in [6.07, 6.45) is 1.89. The highest BCUT2D eigenvalue weighted by atomic mass is 32.1. The molecule has 2 amide bonds. The van der Waals surface area contributed by atoms with Gasteiger partial charge in [-0.3, -0.25) is 20.4 Å². The molecule has 0 saturated carbocycles. The zero-order valence-electron chi connectivity index (χ0n) is 11.6. The first-order chi connectivity index (χ1) is 10.1. The van der Waals surface area contributed by atoms with E-state index in [-0.39, 0.29) is 11.0 Å². The minimum atomic E-state index is -0.428. The first-order valence-electron chi connectivity index (χ1n) is 6.31. The summed E-state index contributed by atoms with van der Waals surface area (Å²) in [6, 6.07) is 6.76. The Morgan fingerprint density at radius 3 is 2.71 bits per heavy atom. The Morgan fingerprint density at radius 2 is 2.05 bits per heavy atom. The van der Waals surface area contributed by atoms with Crippen LogP contribution in [-0.4, -0.2) is 23.5 Å². The molecule has 0 bridgehead atoms. The maximum Gasteiger partial charge on any atom is 0.273 e. The molecule has 112 valence electrons. The molecule has 0 saturated heterocycles. The number of para-hydroxylation sites is 1. The van der Waals surface area contributed by atoms with Crippen LogP contribution in [0.5, 0.6) is 5.75 Å². The first-order valence-corrected chi connectivity index (χ1v) is 6.72. The number of benzene rings is 1.